The zero-order valence-electron chi connectivity index (χ0n) is 15.3. The quantitative estimate of drug-likeness (QED) is 0.498. The van der Waals surface area contributed by atoms with E-state index in [4.69, 9.17) is 4.74 Å². The molecule has 3 aromatic rings. The van der Waals surface area contributed by atoms with Crippen molar-refractivity contribution in [3.63, 3.8) is 0 Å². The standard InChI is InChI=1S/C20H21N3O2S2/c1-12(18(24)23-13-6-5-7-14(10-13)25-2)26-19-17-15-8-3-4-9-16(15)27-20(17)22-11-21-19/h5-7,10-12H,3-4,8-9H2,1-2H3,(H,23,24)/t12-/m1/s1. The number of amides is 1. The number of nitrogens with one attached hydrogen (secondary N) is 1. The maximum absolute atomic E-state index is 12.7. The van der Waals surface area contributed by atoms with E-state index < -0.39 is 0 Å². The van der Waals surface area contributed by atoms with E-state index in [1.54, 1.807) is 24.8 Å². The number of hydrogen-bond acceptors (Lipinski definition) is 6. The molecule has 7 heteroatoms. The van der Waals surface area contributed by atoms with Crippen molar-refractivity contribution in [2.24, 2.45) is 0 Å². The summed E-state index contributed by atoms with van der Waals surface area (Å²) in [7, 11) is 1.61. The van der Waals surface area contributed by atoms with Crippen molar-refractivity contribution in [2.75, 3.05) is 12.4 Å². The van der Waals surface area contributed by atoms with Gasteiger partial charge < -0.3 is 10.1 Å². The molecule has 1 aromatic carbocycles. The van der Waals surface area contributed by atoms with Gasteiger partial charge in [-0.25, -0.2) is 9.97 Å². The number of thiophene rings is 1. The van der Waals surface area contributed by atoms with Crippen molar-refractivity contribution in [1.29, 1.82) is 0 Å². The molecule has 5 nitrogen and oxygen atoms in total. The first kappa shape index (κ1) is 18.3. The second-order valence-corrected chi connectivity index (χ2v) is 8.96. The highest BCUT2D eigenvalue weighted by Crippen LogP contribution is 2.40. The lowest BCUT2D eigenvalue weighted by Gasteiger charge is -2.14. The van der Waals surface area contributed by atoms with E-state index in [0.717, 1.165) is 39.5 Å². The van der Waals surface area contributed by atoms with Crippen LogP contribution in [0.25, 0.3) is 10.2 Å². The third-order valence-electron chi connectivity index (χ3n) is 4.71. The Hall–Kier alpha value is -2.12. The average Bonchev–Trinajstić information content (AvgIpc) is 3.07. The van der Waals surface area contributed by atoms with Crippen LogP contribution in [0.5, 0.6) is 5.75 Å². The molecule has 27 heavy (non-hydrogen) atoms. The van der Waals surface area contributed by atoms with E-state index in [0.29, 0.717) is 0 Å². The molecule has 0 bridgehead atoms. The van der Waals surface area contributed by atoms with Crippen molar-refractivity contribution in [3.05, 3.63) is 41.0 Å². The molecule has 0 spiro atoms. The molecule has 0 aliphatic heterocycles. The summed E-state index contributed by atoms with van der Waals surface area (Å²) in [5, 5.41) is 4.76. The second kappa shape index (κ2) is 7.86. The van der Waals surface area contributed by atoms with Gasteiger partial charge in [0.1, 0.15) is 21.9 Å². The van der Waals surface area contributed by atoms with Gasteiger partial charge in [0.15, 0.2) is 0 Å². The molecule has 1 aliphatic rings. The fourth-order valence-electron chi connectivity index (χ4n) is 3.32. The van der Waals surface area contributed by atoms with Crippen LogP contribution in [-0.4, -0.2) is 28.2 Å². The van der Waals surface area contributed by atoms with Gasteiger partial charge in [0.25, 0.3) is 0 Å². The summed E-state index contributed by atoms with van der Waals surface area (Å²) in [4.78, 5) is 24.1. The molecule has 0 fully saturated rings. The lowest BCUT2D eigenvalue weighted by Crippen LogP contribution is -2.22. The Kier molecular flexibility index (Phi) is 5.31. The fraction of sp³-hybridized carbons (Fsp3) is 0.350. The van der Waals surface area contributed by atoms with Gasteiger partial charge in [-0.15, -0.1) is 11.3 Å². The Morgan fingerprint density at radius 3 is 3.00 bits per heavy atom. The lowest BCUT2D eigenvalue weighted by molar-refractivity contribution is -0.115. The summed E-state index contributed by atoms with van der Waals surface area (Å²) in [5.41, 5.74) is 2.12. The van der Waals surface area contributed by atoms with Gasteiger partial charge in [-0.05, 0) is 50.3 Å². The summed E-state index contributed by atoms with van der Waals surface area (Å²) in [6.45, 7) is 1.91. The van der Waals surface area contributed by atoms with E-state index in [-0.39, 0.29) is 11.2 Å². The van der Waals surface area contributed by atoms with Crippen molar-refractivity contribution in [3.8, 4) is 5.75 Å². The maximum Gasteiger partial charge on any atom is 0.237 e. The highest BCUT2D eigenvalue weighted by Gasteiger charge is 2.23. The van der Waals surface area contributed by atoms with Gasteiger partial charge in [0.05, 0.1) is 12.4 Å². The Labute approximate surface area is 166 Å². The highest BCUT2D eigenvalue weighted by molar-refractivity contribution is 8.00. The third kappa shape index (κ3) is 3.80. The van der Waals surface area contributed by atoms with Gasteiger partial charge in [-0.2, -0.15) is 0 Å². The number of fused-ring (bicyclic) bond motifs is 3. The molecule has 1 aliphatic carbocycles. The largest absolute Gasteiger partial charge is 0.497 e. The number of ether oxygens (including phenoxy) is 1. The minimum Gasteiger partial charge on any atom is -0.497 e. The van der Waals surface area contributed by atoms with Crippen molar-refractivity contribution < 1.29 is 9.53 Å². The minimum atomic E-state index is -0.270. The molecule has 1 atom stereocenters. The van der Waals surface area contributed by atoms with E-state index in [9.17, 15) is 4.79 Å². The average molecular weight is 400 g/mol. The van der Waals surface area contributed by atoms with Crippen molar-refractivity contribution in [2.45, 2.75) is 42.9 Å². The van der Waals surface area contributed by atoms with Crippen LogP contribution in [0.2, 0.25) is 0 Å². The molecule has 140 valence electrons. The number of hydrogen-bond donors (Lipinski definition) is 1. The van der Waals surface area contributed by atoms with Crippen LogP contribution in [0.15, 0.2) is 35.6 Å². The first-order chi connectivity index (χ1) is 13.2. The van der Waals surface area contributed by atoms with Crippen LogP contribution in [0.1, 0.15) is 30.2 Å². The van der Waals surface area contributed by atoms with Crippen LogP contribution in [-0.2, 0) is 17.6 Å². The molecule has 1 amide bonds. The predicted octanol–water partition coefficient (Wildman–Crippen LogP) is 4.70. The first-order valence-electron chi connectivity index (χ1n) is 9.02. The number of nitrogens with zero attached hydrogens (tertiary/aromatic N) is 2. The van der Waals surface area contributed by atoms with Crippen LogP contribution in [0.3, 0.4) is 0 Å². The normalized spacial score (nSPS) is 14.6. The predicted molar refractivity (Wildman–Crippen MR) is 111 cm³/mol. The molecule has 0 saturated carbocycles. The smallest absolute Gasteiger partial charge is 0.237 e. The number of carbonyl (C=O) groups is 1. The summed E-state index contributed by atoms with van der Waals surface area (Å²) < 4.78 is 5.21. The fourth-order valence-corrected chi connectivity index (χ4v) is 5.56. The number of carbonyl (C=O) groups excluding carboxylic acids is 1. The summed E-state index contributed by atoms with van der Waals surface area (Å²) in [5.74, 6) is 0.666. The van der Waals surface area contributed by atoms with E-state index in [1.165, 1.54) is 35.0 Å². The topological polar surface area (TPSA) is 64.1 Å². The van der Waals surface area contributed by atoms with E-state index >= 15 is 0 Å². The second-order valence-electron chi connectivity index (χ2n) is 6.55. The van der Waals surface area contributed by atoms with Crippen LogP contribution in [0.4, 0.5) is 5.69 Å². The number of rotatable bonds is 5. The Morgan fingerprint density at radius 2 is 2.15 bits per heavy atom. The minimum absolute atomic E-state index is 0.0517. The molecule has 4 rings (SSSR count). The van der Waals surface area contributed by atoms with E-state index in [1.807, 2.05) is 31.2 Å². The zero-order chi connectivity index (χ0) is 18.8. The van der Waals surface area contributed by atoms with Gasteiger partial charge in [-0.3, -0.25) is 4.79 Å². The monoisotopic (exact) mass is 399 g/mol. The van der Waals surface area contributed by atoms with Crippen molar-refractivity contribution in [1.82, 2.24) is 9.97 Å². The first-order valence-corrected chi connectivity index (χ1v) is 10.7. The third-order valence-corrected chi connectivity index (χ3v) is 7.01. The number of aryl methyl sites for hydroxylation is 2. The molecule has 0 saturated heterocycles. The molecule has 2 aromatic heterocycles. The highest BCUT2D eigenvalue weighted by atomic mass is 32.2. The van der Waals surface area contributed by atoms with Gasteiger partial charge in [0, 0.05) is 22.0 Å². The number of aromatic nitrogens is 2. The molecule has 2 heterocycles. The maximum atomic E-state index is 12.7. The lowest BCUT2D eigenvalue weighted by atomic mass is 9.97. The number of thioether (sulfide) groups is 1. The number of anilines is 1. The zero-order valence-corrected chi connectivity index (χ0v) is 17.0. The SMILES string of the molecule is COc1cccc(NC(=O)[C@@H](C)Sc2ncnc3sc4c(c23)CCCC4)c1. The molecule has 0 radical (unpaired) electrons. The molecular weight excluding hydrogens is 378 g/mol. The molecule has 1 N–H and O–H groups in total. The Morgan fingerprint density at radius 1 is 1.30 bits per heavy atom. The van der Waals surface area contributed by atoms with Gasteiger partial charge >= 0.3 is 0 Å². The molecular formula is C20H21N3O2S2. The number of benzene rings is 1. The van der Waals surface area contributed by atoms with Crippen LogP contribution >= 0.6 is 23.1 Å². The van der Waals surface area contributed by atoms with Gasteiger partial charge in [0.2, 0.25) is 5.91 Å². The van der Waals surface area contributed by atoms with Crippen LogP contribution < -0.4 is 10.1 Å². The summed E-state index contributed by atoms with van der Waals surface area (Å²) in [6, 6.07) is 7.38. The molecule has 0 unspecified atom stereocenters. The van der Waals surface area contributed by atoms with Crippen LogP contribution in [0, 0.1) is 0 Å². The van der Waals surface area contributed by atoms with Crippen molar-refractivity contribution >= 4 is 44.9 Å². The Balaban J connectivity index is 1.54. The number of methoxy groups -OCH3 is 1. The van der Waals surface area contributed by atoms with Gasteiger partial charge in [-0.1, -0.05) is 17.8 Å². The summed E-state index contributed by atoms with van der Waals surface area (Å²) in [6.07, 6.45) is 6.28. The van der Waals surface area contributed by atoms with E-state index in [2.05, 4.69) is 15.3 Å². The summed E-state index contributed by atoms with van der Waals surface area (Å²) >= 11 is 3.28. The Bertz CT molecular complexity index is 987.